The normalized spacial score (nSPS) is 11.7. The lowest BCUT2D eigenvalue weighted by Gasteiger charge is -2.08. The Balaban J connectivity index is 0.00000261. The summed E-state index contributed by atoms with van der Waals surface area (Å²) in [7, 11) is 0. The van der Waals surface area contributed by atoms with Crippen LogP contribution in [0, 0.1) is 6.92 Å². The van der Waals surface area contributed by atoms with Crippen LogP contribution in [0.5, 0.6) is 0 Å². The van der Waals surface area contributed by atoms with E-state index >= 15 is 0 Å². The standard InChI is InChI=1S/C17H21N7OS.ClH/c1-11(18)17-20-16(13-6-4-3-5-7-13)23-24(17)10-14(25)19-9-8-15-22-21-12(2)26-15;/h3-7,11H,8-10,18H2,1-2H3,(H,19,25);1H/t11-;/m0./s1. The lowest BCUT2D eigenvalue weighted by molar-refractivity contribution is -0.121. The van der Waals surface area contributed by atoms with E-state index in [1.165, 1.54) is 11.3 Å². The van der Waals surface area contributed by atoms with Gasteiger partial charge in [0, 0.05) is 18.5 Å². The second kappa shape index (κ2) is 9.54. The van der Waals surface area contributed by atoms with Gasteiger partial charge in [0.15, 0.2) is 5.82 Å². The van der Waals surface area contributed by atoms with Crippen molar-refractivity contribution in [2.75, 3.05) is 6.54 Å². The van der Waals surface area contributed by atoms with Crippen LogP contribution in [0.15, 0.2) is 30.3 Å². The first-order valence-corrected chi connectivity index (χ1v) is 9.16. The molecule has 1 aromatic carbocycles. The number of aryl methyl sites for hydroxylation is 1. The molecule has 0 bridgehead atoms. The second-order valence-corrected chi connectivity index (χ2v) is 7.19. The summed E-state index contributed by atoms with van der Waals surface area (Å²) in [5.41, 5.74) is 6.88. The number of hydrogen-bond donors (Lipinski definition) is 2. The van der Waals surface area contributed by atoms with Gasteiger partial charge < -0.3 is 11.1 Å². The molecule has 10 heteroatoms. The monoisotopic (exact) mass is 407 g/mol. The molecule has 27 heavy (non-hydrogen) atoms. The third-order valence-electron chi connectivity index (χ3n) is 3.66. The summed E-state index contributed by atoms with van der Waals surface area (Å²) >= 11 is 1.53. The highest BCUT2D eigenvalue weighted by Gasteiger charge is 2.16. The highest BCUT2D eigenvalue weighted by Crippen LogP contribution is 2.17. The van der Waals surface area contributed by atoms with E-state index < -0.39 is 0 Å². The molecule has 0 radical (unpaired) electrons. The molecule has 0 saturated carbocycles. The van der Waals surface area contributed by atoms with Gasteiger partial charge in [0.05, 0.1) is 6.04 Å². The smallest absolute Gasteiger partial charge is 0.241 e. The summed E-state index contributed by atoms with van der Waals surface area (Å²) in [5.74, 6) is 1.01. The Morgan fingerprint density at radius 2 is 2.04 bits per heavy atom. The van der Waals surface area contributed by atoms with Crippen molar-refractivity contribution in [2.24, 2.45) is 5.73 Å². The number of benzene rings is 1. The molecule has 2 aromatic heterocycles. The van der Waals surface area contributed by atoms with Crippen LogP contribution in [0.3, 0.4) is 0 Å². The van der Waals surface area contributed by atoms with E-state index in [4.69, 9.17) is 5.73 Å². The molecule has 3 rings (SSSR count). The van der Waals surface area contributed by atoms with Crippen LogP contribution in [0.2, 0.25) is 0 Å². The number of hydrogen-bond acceptors (Lipinski definition) is 7. The fourth-order valence-electron chi connectivity index (χ4n) is 2.46. The largest absolute Gasteiger partial charge is 0.354 e. The van der Waals surface area contributed by atoms with Gasteiger partial charge in [-0.25, -0.2) is 9.67 Å². The highest BCUT2D eigenvalue weighted by molar-refractivity contribution is 7.11. The molecule has 8 nitrogen and oxygen atoms in total. The number of nitrogens with two attached hydrogens (primary N) is 1. The summed E-state index contributed by atoms with van der Waals surface area (Å²) in [6, 6.07) is 9.30. The lowest BCUT2D eigenvalue weighted by atomic mass is 10.2. The Labute approximate surface area is 167 Å². The number of carbonyl (C=O) groups is 1. The first-order valence-electron chi connectivity index (χ1n) is 8.34. The van der Waals surface area contributed by atoms with Crippen molar-refractivity contribution in [1.82, 2.24) is 30.3 Å². The predicted octanol–water partition coefficient (Wildman–Crippen LogP) is 1.91. The van der Waals surface area contributed by atoms with Crippen molar-refractivity contribution < 1.29 is 4.79 Å². The van der Waals surface area contributed by atoms with Crippen molar-refractivity contribution in [3.8, 4) is 11.4 Å². The molecule has 1 atom stereocenters. The first kappa shape index (κ1) is 20.9. The van der Waals surface area contributed by atoms with Gasteiger partial charge in [0.1, 0.15) is 22.4 Å². The summed E-state index contributed by atoms with van der Waals surface area (Å²) in [5, 5.41) is 17.2. The number of halogens is 1. The molecule has 1 amide bonds. The number of aromatic nitrogens is 5. The van der Waals surface area contributed by atoms with Crippen molar-refractivity contribution in [1.29, 1.82) is 0 Å². The SMILES string of the molecule is Cc1nnc(CCNC(=O)Cn2nc(-c3ccccc3)nc2[C@H](C)N)s1.Cl. The Morgan fingerprint density at radius 1 is 1.30 bits per heavy atom. The van der Waals surface area contributed by atoms with Crippen LogP contribution >= 0.6 is 23.7 Å². The number of nitrogens with zero attached hydrogens (tertiary/aromatic N) is 5. The maximum absolute atomic E-state index is 12.3. The molecule has 0 aliphatic carbocycles. The predicted molar refractivity (Wildman–Crippen MR) is 107 cm³/mol. The average molecular weight is 408 g/mol. The van der Waals surface area contributed by atoms with Crippen LogP contribution in [0.4, 0.5) is 0 Å². The molecule has 0 aliphatic rings. The molecule has 0 aliphatic heterocycles. The van der Waals surface area contributed by atoms with Gasteiger partial charge in [-0.15, -0.1) is 33.9 Å². The fraction of sp³-hybridized carbons (Fsp3) is 0.353. The number of carbonyl (C=O) groups excluding carboxylic acids is 1. The van der Waals surface area contributed by atoms with E-state index in [9.17, 15) is 4.79 Å². The van der Waals surface area contributed by atoms with E-state index in [2.05, 4.69) is 25.6 Å². The van der Waals surface area contributed by atoms with Crippen LogP contribution in [-0.2, 0) is 17.8 Å². The number of rotatable bonds is 7. The van der Waals surface area contributed by atoms with Gasteiger partial charge >= 0.3 is 0 Å². The van der Waals surface area contributed by atoms with Crippen LogP contribution in [-0.4, -0.2) is 37.4 Å². The minimum atomic E-state index is -0.322. The van der Waals surface area contributed by atoms with Crippen LogP contribution < -0.4 is 11.1 Å². The molecular weight excluding hydrogens is 386 g/mol. The molecule has 144 valence electrons. The summed E-state index contributed by atoms with van der Waals surface area (Å²) in [4.78, 5) is 16.7. The van der Waals surface area contributed by atoms with Crippen LogP contribution in [0.1, 0.15) is 28.8 Å². The third kappa shape index (κ3) is 5.56. The minimum Gasteiger partial charge on any atom is -0.354 e. The Bertz CT molecular complexity index is 879. The van der Waals surface area contributed by atoms with E-state index in [0.29, 0.717) is 24.6 Å². The molecule has 3 N–H and O–H groups in total. The van der Waals surface area contributed by atoms with Gasteiger partial charge in [0.25, 0.3) is 0 Å². The Kier molecular flexibility index (Phi) is 7.40. The van der Waals surface area contributed by atoms with Gasteiger partial charge in [-0.3, -0.25) is 4.79 Å². The summed E-state index contributed by atoms with van der Waals surface area (Å²) in [6.07, 6.45) is 0.657. The van der Waals surface area contributed by atoms with Gasteiger partial charge in [-0.05, 0) is 13.8 Å². The highest BCUT2D eigenvalue weighted by atomic mass is 35.5. The van der Waals surface area contributed by atoms with Gasteiger partial charge in [-0.2, -0.15) is 5.10 Å². The quantitative estimate of drug-likeness (QED) is 0.618. The summed E-state index contributed by atoms with van der Waals surface area (Å²) in [6.45, 7) is 4.31. The lowest BCUT2D eigenvalue weighted by Crippen LogP contribution is -2.31. The molecule has 0 fully saturated rings. The van der Waals surface area contributed by atoms with E-state index in [1.807, 2.05) is 44.2 Å². The number of amides is 1. The zero-order valence-corrected chi connectivity index (χ0v) is 16.8. The molecule has 0 saturated heterocycles. The third-order valence-corrected chi connectivity index (χ3v) is 4.56. The van der Waals surface area contributed by atoms with Crippen LogP contribution in [0.25, 0.3) is 11.4 Å². The van der Waals surface area contributed by atoms with E-state index in [1.54, 1.807) is 4.68 Å². The number of nitrogens with one attached hydrogen (secondary N) is 1. The maximum atomic E-state index is 12.3. The van der Waals surface area contributed by atoms with Crippen molar-refractivity contribution in [3.63, 3.8) is 0 Å². The van der Waals surface area contributed by atoms with Crippen molar-refractivity contribution in [3.05, 3.63) is 46.2 Å². The Morgan fingerprint density at radius 3 is 2.67 bits per heavy atom. The van der Waals surface area contributed by atoms with Gasteiger partial charge in [-0.1, -0.05) is 30.3 Å². The molecule has 2 heterocycles. The fourth-order valence-corrected chi connectivity index (χ4v) is 3.16. The van der Waals surface area contributed by atoms with Crippen molar-refractivity contribution >= 4 is 29.7 Å². The molecule has 0 unspecified atom stereocenters. The maximum Gasteiger partial charge on any atom is 0.241 e. The average Bonchev–Trinajstić information content (AvgIpc) is 3.22. The molecular formula is C17H22ClN7OS. The van der Waals surface area contributed by atoms with Crippen molar-refractivity contribution in [2.45, 2.75) is 32.9 Å². The van der Waals surface area contributed by atoms with E-state index in [-0.39, 0.29) is 30.9 Å². The van der Waals surface area contributed by atoms with Gasteiger partial charge in [0.2, 0.25) is 5.91 Å². The topological polar surface area (TPSA) is 112 Å². The van der Waals surface area contributed by atoms with E-state index in [0.717, 1.165) is 15.6 Å². The molecule has 3 aromatic rings. The molecule has 0 spiro atoms. The zero-order chi connectivity index (χ0) is 18.5. The first-order chi connectivity index (χ1) is 12.5. The summed E-state index contributed by atoms with van der Waals surface area (Å²) < 4.78 is 1.57. The zero-order valence-electron chi connectivity index (χ0n) is 15.1. The minimum absolute atomic E-state index is 0. The Hall–Kier alpha value is -2.36. The second-order valence-electron chi connectivity index (χ2n) is 5.92.